The number of benzene rings is 1. The minimum atomic E-state index is 0.156. The number of ether oxygens (including phenoxy) is 1. The van der Waals surface area contributed by atoms with E-state index in [0.29, 0.717) is 19.2 Å². The van der Waals surface area contributed by atoms with Crippen LogP contribution in [0.1, 0.15) is 0 Å². The lowest BCUT2D eigenvalue weighted by molar-refractivity contribution is 0.174. The van der Waals surface area contributed by atoms with Crippen molar-refractivity contribution in [2.24, 2.45) is 0 Å². The van der Waals surface area contributed by atoms with Crippen LogP contribution < -0.4 is 10.1 Å². The van der Waals surface area contributed by atoms with Gasteiger partial charge in [0.15, 0.2) is 0 Å². The lowest BCUT2D eigenvalue weighted by atomic mass is 10.2. The SMILES string of the molecule is O=C1N(CCOc2ccccc2)CC2CNCCN12. The lowest BCUT2D eigenvalue weighted by Gasteiger charge is -2.28. The van der Waals surface area contributed by atoms with Crippen molar-refractivity contribution in [3.8, 4) is 5.75 Å². The van der Waals surface area contributed by atoms with Gasteiger partial charge in [-0.05, 0) is 12.1 Å². The molecule has 2 aliphatic rings. The molecule has 102 valence electrons. The number of para-hydroxylation sites is 1. The van der Waals surface area contributed by atoms with E-state index in [9.17, 15) is 4.79 Å². The molecule has 0 aliphatic carbocycles. The van der Waals surface area contributed by atoms with Gasteiger partial charge in [0.05, 0.1) is 12.6 Å². The van der Waals surface area contributed by atoms with Crippen LogP contribution in [0.15, 0.2) is 30.3 Å². The standard InChI is InChI=1S/C14H19N3O2/c18-14-16(11-12-10-15-6-7-17(12)14)8-9-19-13-4-2-1-3-5-13/h1-5,12,15H,6-11H2. The summed E-state index contributed by atoms with van der Waals surface area (Å²) in [7, 11) is 0. The first-order valence-corrected chi connectivity index (χ1v) is 6.79. The number of carbonyl (C=O) groups is 1. The van der Waals surface area contributed by atoms with Crippen molar-refractivity contribution >= 4 is 6.03 Å². The smallest absolute Gasteiger partial charge is 0.320 e. The first-order valence-electron chi connectivity index (χ1n) is 6.79. The molecule has 19 heavy (non-hydrogen) atoms. The van der Waals surface area contributed by atoms with Gasteiger partial charge in [0.2, 0.25) is 0 Å². The van der Waals surface area contributed by atoms with Crippen LogP contribution in [-0.2, 0) is 0 Å². The van der Waals surface area contributed by atoms with Crippen molar-refractivity contribution in [3.05, 3.63) is 30.3 Å². The highest BCUT2D eigenvalue weighted by Gasteiger charge is 2.37. The number of amides is 2. The van der Waals surface area contributed by atoms with Crippen molar-refractivity contribution in [1.82, 2.24) is 15.1 Å². The summed E-state index contributed by atoms with van der Waals surface area (Å²) < 4.78 is 5.64. The summed E-state index contributed by atoms with van der Waals surface area (Å²) >= 11 is 0. The van der Waals surface area contributed by atoms with Crippen LogP contribution in [0.5, 0.6) is 5.75 Å². The summed E-state index contributed by atoms with van der Waals surface area (Å²) in [4.78, 5) is 16.0. The highest BCUT2D eigenvalue weighted by Crippen LogP contribution is 2.17. The summed E-state index contributed by atoms with van der Waals surface area (Å²) in [6, 6.07) is 10.2. The van der Waals surface area contributed by atoms with E-state index in [0.717, 1.165) is 31.9 Å². The molecule has 1 atom stereocenters. The Morgan fingerprint density at radius 3 is 2.95 bits per heavy atom. The molecule has 0 aromatic heterocycles. The maximum absolute atomic E-state index is 12.2. The first-order chi connectivity index (χ1) is 9.34. The van der Waals surface area contributed by atoms with Gasteiger partial charge < -0.3 is 19.9 Å². The number of fused-ring (bicyclic) bond motifs is 1. The fourth-order valence-corrected chi connectivity index (χ4v) is 2.67. The summed E-state index contributed by atoms with van der Waals surface area (Å²) in [5.74, 6) is 0.855. The maximum atomic E-state index is 12.2. The van der Waals surface area contributed by atoms with Gasteiger partial charge in [0, 0.05) is 26.2 Å². The molecule has 1 aromatic carbocycles. The van der Waals surface area contributed by atoms with E-state index >= 15 is 0 Å². The van der Waals surface area contributed by atoms with E-state index in [-0.39, 0.29) is 6.03 Å². The number of rotatable bonds is 4. The maximum Gasteiger partial charge on any atom is 0.320 e. The average Bonchev–Trinajstić information content (AvgIpc) is 2.78. The van der Waals surface area contributed by atoms with Gasteiger partial charge in [0.1, 0.15) is 12.4 Å². The Labute approximate surface area is 113 Å². The third kappa shape index (κ3) is 2.66. The number of nitrogens with one attached hydrogen (secondary N) is 1. The molecule has 1 unspecified atom stereocenters. The van der Waals surface area contributed by atoms with Gasteiger partial charge in [-0.3, -0.25) is 0 Å². The van der Waals surface area contributed by atoms with Crippen molar-refractivity contribution in [2.75, 3.05) is 39.3 Å². The quantitative estimate of drug-likeness (QED) is 0.871. The molecule has 2 fully saturated rings. The lowest BCUT2D eigenvalue weighted by Crippen LogP contribution is -2.49. The number of urea groups is 1. The van der Waals surface area contributed by atoms with Gasteiger partial charge in [-0.2, -0.15) is 0 Å². The Morgan fingerprint density at radius 1 is 1.32 bits per heavy atom. The summed E-state index contributed by atoms with van der Waals surface area (Å²) in [5.41, 5.74) is 0. The predicted molar refractivity (Wildman–Crippen MR) is 72.3 cm³/mol. The fraction of sp³-hybridized carbons (Fsp3) is 0.500. The van der Waals surface area contributed by atoms with E-state index in [1.165, 1.54) is 0 Å². The Balaban J connectivity index is 1.49. The molecule has 2 amide bonds. The van der Waals surface area contributed by atoms with Crippen LogP contribution in [0.3, 0.4) is 0 Å². The zero-order valence-corrected chi connectivity index (χ0v) is 10.9. The molecule has 2 saturated heterocycles. The molecule has 0 bridgehead atoms. The normalized spacial score (nSPS) is 22.5. The second kappa shape index (κ2) is 5.48. The zero-order valence-electron chi connectivity index (χ0n) is 10.9. The van der Waals surface area contributed by atoms with Gasteiger partial charge in [-0.1, -0.05) is 18.2 Å². The van der Waals surface area contributed by atoms with E-state index < -0.39 is 0 Å². The zero-order chi connectivity index (χ0) is 13.1. The topological polar surface area (TPSA) is 44.8 Å². The van der Waals surface area contributed by atoms with Crippen LogP contribution in [-0.4, -0.2) is 61.2 Å². The molecule has 2 aliphatic heterocycles. The molecule has 5 nitrogen and oxygen atoms in total. The minimum Gasteiger partial charge on any atom is -0.492 e. The largest absolute Gasteiger partial charge is 0.492 e. The van der Waals surface area contributed by atoms with Gasteiger partial charge in [-0.15, -0.1) is 0 Å². The Hall–Kier alpha value is -1.75. The molecule has 0 saturated carbocycles. The van der Waals surface area contributed by atoms with Crippen LogP contribution in [0.2, 0.25) is 0 Å². The molecule has 2 heterocycles. The third-order valence-electron chi connectivity index (χ3n) is 3.67. The predicted octanol–water partition coefficient (Wildman–Crippen LogP) is 0.775. The Morgan fingerprint density at radius 2 is 2.16 bits per heavy atom. The van der Waals surface area contributed by atoms with Gasteiger partial charge in [-0.25, -0.2) is 4.79 Å². The second-order valence-corrected chi connectivity index (χ2v) is 4.94. The first kappa shape index (κ1) is 12.3. The summed E-state index contributed by atoms with van der Waals surface area (Å²) in [6.45, 7) is 4.63. The number of nitrogens with zero attached hydrogens (tertiary/aromatic N) is 2. The van der Waals surface area contributed by atoms with E-state index in [1.807, 2.05) is 40.1 Å². The average molecular weight is 261 g/mol. The molecule has 0 spiro atoms. The van der Waals surface area contributed by atoms with Crippen LogP contribution in [0.25, 0.3) is 0 Å². The van der Waals surface area contributed by atoms with Gasteiger partial charge >= 0.3 is 6.03 Å². The molecule has 1 N–H and O–H groups in total. The summed E-state index contributed by atoms with van der Waals surface area (Å²) in [6.07, 6.45) is 0. The highest BCUT2D eigenvalue weighted by molar-refractivity contribution is 5.77. The molecule has 1 aromatic rings. The minimum absolute atomic E-state index is 0.156. The summed E-state index contributed by atoms with van der Waals surface area (Å²) in [5, 5.41) is 3.33. The molecular formula is C14H19N3O2. The van der Waals surface area contributed by atoms with Crippen molar-refractivity contribution in [3.63, 3.8) is 0 Å². The van der Waals surface area contributed by atoms with Crippen molar-refractivity contribution in [2.45, 2.75) is 6.04 Å². The third-order valence-corrected chi connectivity index (χ3v) is 3.67. The van der Waals surface area contributed by atoms with Gasteiger partial charge in [0.25, 0.3) is 0 Å². The molecule has 3 rings (SSSR count). The fourth-order valence-electron chi connectivity index (χ4n) is 2.67. The van der Waals surface area contributed by atoms with Crippen LogP contribution in [0, 0.1) is 0 Å². The van der Waals surface area contributed by atoms with Crippen LogP contribution in [0.4, 0.5) is 4.79 Å². The van der Waals surface area contributed by atoms with Crippen LogP contribution >= 0.6 is 0 Å². The molecular weight excluding hydrogens is 242 g/mol. The van der Waals surface area contributed by atoms with Crippen molar-refractivity contribution in [1.29, 1.82) is 0 Å². The number of piperazine rings is 1. The van der Waals surface area contributed by atoms with E-state index in [1.54, 1.807) is 0 Å². The molecule has 5 heteroatoms. The number of carbonyl (C=O) groups excluding carboxylic acids is 1. The second-order valence-electron chi connectivity index (χ2n) is 4.94. The number of hydrogen-bond donors (Lipinski definition) is 1. The van der Waals surface area contributed by atoms with E-state index in [2.05, 4.69) is 5.32 Å². The monoisotopic (exact) mass is 261 g/mol. The molecule has 0 radical (unpaired) electrons. The Bertz CT molecular complexity index is 438. The Kier molecular flexibility index (Phi) is 3.55. The highest BCUT2D eigenvalue weighted by atomic mass is 16.5. The van der Waals surface area contributed by atoms with Crippen molar-refractivity contribution < 1.29 is 9.53 Å². The number of hydrogen-bond acceptors (Lipinski definition) is 3. The van der Waals surface area contributed by atoms with E-state index in [4.69, 9.17) is 4.74 Å².